The highest BCUT2D eigenvalue weighted by molar-refractivity contribution is 6.42. The van der Waals surface area contributed by atoms with Gasteiger partial charge in [-0.1, -0.05) is 29.3 Å². The average Bonchev–Trinajstić information content (AvgIpc) is 2.63. The van der Waals surface area contributed by atoms with Gasteiger partial charge in [-0.2, -0.15) is 5.10 Å². The Labute approximate surface area is 115 Å². The van der Waals surface area contributed by atoms with Crippen molar-refractivity contribution < 1.29 is 4.79 Å². The van der Waals surface area contributed by atoms with Crippen molar-refractivity contribution in [3.05, 3.63) is 51.3 Å². The Morgan fingerprint density at radius 1 is 1.33 bits per heavy atom. The summed E-state index contributed by atoms with van der Waals surface area (Å²) < 4.78 is 1.64. The normalized spacial score (nSPS) is 10.7. The van der Waals surface area contributed by atoms with Gasteiger partial charge >= 0.3 is 0 Å². The number of benzene rings is 1. The molecular formula is C13H12Cl2N2O. The molecule has 0 aliphatic heterocycles. The lowest BCUT2D eigenvalue weighted by Gasteiger charge is -2.02. The summed E-state index contributed by atoms with van der Waals surface area (Å²) >= 11 is 11.8. The predicted molar refractivity (Wildman–Crippen MR) is 72.4 cm³/mol. The maximum Gasteiger partial charge on any atom is 0.170 e. The summed E-state index contributed by atoms with van der Waals surface area (Å²) in [6.45, 7) is 1.82. The molecule has 0 radical (unpaired) electrons. The molecule has 1 heterocycles. The molecule has 2 rings (SSSR count). The van der Waals surface area contributed by atoms with Crippen LogP contribution < -0.4 is 0 Å². The van der Waals surface area contributed by atoms with Crippen LogP contribution in [0, 0.1) is 6.92 Å². The molecule has 3 nitrogen and oxygen atoms in total. The van der Waals surface area contributed by atoms with Crippen molar-refractivity contribution in [3.8, 4) is 0 Å². The first kappa shape index (κ1) is 13.1. The predicted octanol–water partition coefficient (Wildman–Crippen LogP) is 3.46. The fourth-order valence-corrected chi connectivity index (χ4v) is 2.12. The topological polar surface area (TPSA) is 34.9 Å². The van der Waals surface area contributed by atoms with Gasteiger partial charge < -0.3 is 0 Å². The summed E-state index contributed by atoms with van der Waals surface area (Å²) in [6.07, 6.45) is 2.03. The third-order valence-corrected chi connectivity index (χ3v) is 3.40. The fourth-order valence-electron chi connectivity index (χ4n) is 1.80. The molecule has 94 valence electrons. The van der Waals surface area contributed by atoms with Crippen molar-refractivity contribution in [2.45, 2.75) is 13.3 Å². The third-order valence-electron chi connectivity index (χ3n) is 2.66. The van der Waals surface area contributed by atoms with Crippen LogP contribution in [0.3, 0.4) is 0 Å². The molecule has 0 saturated heterocycles. The monoisotopic (exact) mass is 282 g/mol. The maximum absolute atomic E-state index is 12.1. The van der Waals surface area contributed by atoms with E-state index in [-0.39, 0.29) is 5.78 Å². The van der Waals surface area contributed by atoms with Gasteiger partial charge in [0.15, 0.2) is 5.78 Å². The standard InChI is InChI=1S/C13H12Cl2N2O/c1-8-10(7-17(2)16-8)13(18)6-9-3-4-11(14)12(15)5-9/h3-5,7H,6H2,1-2H3. The van der Waals surface area contributed by atoms with E-state index in [1.54, 1.807) is 36.1 Å². The molecule has 1 aromatic carbocycles. The van der Waals surface area contributed by atoms with Crippen LogP contribution in [0.2, 0.25) is 10.0 Å². The summed E-state index contributed by atoms with van der Waals surface area (Å²) in [5, 5.41) is 5.11. The summed E-state index contributed by atoms with van der Waals surface area (Å²) in [4.78, 5) is 12.1. The molecule has 0 unspecified atom stereocenters. The SMILES string of the molecule is Cc1nn(C)cc1C(=O)Cc1ccc(Cl)c(Cl)c1. The van der Waals surface area contributed by atoms with E-state index >= 15 is 0 Å². The number of nitrogens with zero attached hydrogens (tertiary/aromatic N) is 2. The molecule has 0 aliphatic rings. The molecular weight excluding hydrogens is 271 g/mol. The first-order valence-corrected chi connectivity index (χ1v) is 6.20. The lowest BCUT2D eigenvalue weighted by Crippen LogP contribution is -2.04. The van der Waals surface area contributed by atoms with Crippen LogP contribution in [0.4, 0.5) is 0 Å². The van der Waals surface area contributed by atoms with Crippen molar-refractivity contribution >= 4 is 29.0 Å². The second-order valence-electron chi connectivity index (χ2n) is 4.15. The molecule has 0 amide bonds. The fraction of sp³-hybridized carbons (Fsp3) is 0.231. The Bertz CT molecular complexity index is 605. The number of hydrogen-bond acceptors (Lipinski definition) is 2. The summed E-state index contributed by atoms with van der Waals surface area (Å²) in [6, 6.07) is 5.22. The quantitative estimate of drug-likeness (QED) is 0.808. The number of ketones is 1. The zero-order chi connectivity index (χ0) is 13.3. The van der Waals surface area contributed by atoms with Gasteiger partial charge in [0.2, 0.25) is 0 Å². The second-order valence-corrected chi connectivity index (χ2v) is 4.96. The summed E-state index contributed by atoms with van der Waals surface area (Å²) in [7, 11) is 1.79. The largest absolute Gasteiger partial charge is 0.294 e. The average molecular weight is 283 g/mol. The van der Waals surface area contributed by atoms with Crippen molar-refractivity contribution in [1.82, 2.24) is 9.78 Å². The Morgan fingerprint density at radius 2 is 2.06 bits per heavy atom. The van der Waals surface area contributed by atoms with Crippen LogP contribution >= 0.6 is 23.2 Å². The number of Topliss-reactive ketones (excluding diaryl/α,β-unsaturated/α-hetero) is 1. The highest BCUT2D eigenvalue weighted by atomic mass is 35.5. The Kier molecular flexibility index (Phi) is 3.73. The highest BCUT2D eigenvalue weighted by Crippen LogP contribution is 2.23. The minimum absolute atomic E-state index is 0.0268. The molecule has 0 atom stereocenters. The molecule has 0 fully saturated rings. The smallest absolute Gasteiger partial charge is 0.170 e. The number of rotatable bonds is 3. The first-order valence-electron chi connectivity index (χ1n) is 5.44. The van der Waals surface area contributed by atoms with Gasteiger partial charge in [-0.25, -0.2) is 0 Å². The Morgan fingerprint density at radius 3 is 2.61 bits per heavy atom. The van der Waals surface area contributed by atoms with E-state index in [9.17, 15) is 4.79 Å². The molecule has 0 aliphatic carbocycles. The Balaban J connectivity index is 2.21. The lowest BCUT2D eigenvalue weighted by molar-refractivity contribution is 0.0992. The Hall–Kier alpha value is -1.32. The number of halogens is 2. The first-order chi connectivity index (χ1) is 8.47. The lowest BCUT2D eigenvalue weighted by atomic mass is 10.0. The van der Waals surface area contributed by atoms with E-state index in [1.165, 1.54) is 0 Å². The van der Waals surface area contributed by atoms with Crippen LogP contribution in [0.5, 0.6) is 0 Å². The highest BCUT2D eigenvalue weighted by Gasteiger charge is 2.13. The number of aromatic nitrogens is 2. The molecule has 2 aromatic rings. The molecule has 5 heteroatoms. The van der Waals surface area contributed by atoms with E-state index in [1.807, 2.05) is 6.92 Å². The minimum Gasteiger partial charge on any atom is -0.294 e. The minimum atomic E-state index is 0.0268. The second kappa shape index (κ2) is 5.12. The zero-order valence-corrected chi connectivity index (χ0v) is 11.6. The summed E-state index contributed by atoms with van der Waals surface area (Å²) in [5.74, 6) is 0.0268. The van der Waals surface area contributed by atoms with Crippen molar-refractivity contribution in [2.75, 3.05) is 0 Å². The van der Waals surface area contributed by atoms with Crippen molar-refractivity contribution in [3.63, 3.8) is 0 Å². The third kappa shape index (κ3) is 2.74. The van der Waals surface area contributed by atoms with Gasteiger partial charge in [-0.15, -0.1) is 0 Å². The number of hydrogen-bond donors (Lipinski definition) is 0. The van der Waals surface area contributed by atoms with Gasteiger partial charge in [0.25, 0.3) is 0 Å². The molecule has 0 spiro atoms. The van der Waals surface area contributed by atoms with Gasteiger partial charge in [-0.05, 0) is 24.6 Å². The number of carbonyl (C=O) groups is 1. The van der Waals surface area contributed by atoms with Crippen LogP contribution in [0.15, 0.2) is 24.4 Å². The van der Waals surface area contributed by atoms with E-state index in [0.717, 1.165) is 11.3 Å². The van der Waals surface area contributed by atoms with Gasteiger partial charge in [0.1, 0.15) is 0 Å². The van der Waals surface area contributed by atoms with E-state index in [2.05, 4.69) is 5.10 Å². The van der Waals surface area contributed by atoms with Gasteiger partial charge in [0, 0.05) is 19.7 Å². The molecule has 18 heavy (non-hydrogen) atoms. The van der Waals surface area contributed by atoms with Crippen LogP contribution in [-0.2, 0) is 13.5 Å². The van der Waals surface area contributed by atoms with E-state index < -0.39 is 0 Å². The molecule has 1 aromatic heterocycles. The zero-order valence-electron chi connectivity index (χ0n) is 10.1. The molecule has 0 N–H and O–H groups in total. The molecule has 0 saturated carbocycles. The summed E-state index contributed by atoms with van der Waals surface area (Å²) in [5.41, 5.74) is 2.23. The van der Waals surface area contributed by atoms with Crippen molar-refractivity contribution in [1.29, 1.82) is 0 Å². The molecule has 0 bridgehead atoms. The number of carbonyl (C=O) groups excluding carboxylic acids is 1. The van der Waals surface area contributed by atoms with E-state index in [0.29, 0.717) is 22.0 Å². The van der Waals surface area contributed by atoms with Crippen LogP contribution in [-0.4, -0.2) is 15.6 Å². The van der Waals surface area contributed by atoms with Crippen molar-refractivity contribution in [2.24, 2.45) is 7.05 Å². The van der Waals surface area contributed by atoms with E-state index in [4.69, 9.17) is 23.2 Å². The van der Waals surface area contributed by atoms with Crippen LogP contribution in [0.25, 0.3) is 0 Å². The van der Waals surface area contributed by atoms with Gasteiger partial charge in [0.05, 0.1) is 21.3 Å². The maximum atomic E-state index is 12.1. The van der Waals surface area contributed by atoms with Gasteiger partial charge in [-0.3, -0.25) is 9.48 Å². The number of aryl methyl sites for hydroxylation is 2. The van der Waals surface area contributed by atoms with Crippen LogP contribution in [0.1, 0.15) is 21.6 Å².